The van der Waals surface area contributed by atoms with Crippen LogP contribution in [0.25, 0.3) is 21.7 Å². The Bertz CT molecular complexity index is 1110. The maximum Gasteiger partial charge on any atom is 0.219 e. The number of nitrogen functional groups attached to an aromatic ring is 1. The van der Waals surface area contributed by atoms with E-state index in [1.54, 1.807) is 12.4 Å². The number of ether oxygens (including phenoxy) is 1. The molecular weight excluding hydrogens is 416 g/mol. The third-order valence-corrected chi connectivity index (χ3v) is 6.17. The molecule has 0 unspecified atom stereocenters. The zero-order chi connectivity index (χ0) is 20.4. The molecule has 0 atom stereocenters. The third-order valence-electron chi connectivity index (χ3n) is 4.23. The number of nitrogens with two attached hydrogens (primary N) is 1. The number of nitrogens with one attached hydrogen (secondary N) is 1. The van der Waals surface area contributed by atoms with E-state index in [1.165, 1.54) is 17.6 Å². The van der Waals surface area contributed by atoms with Crippen molar-refractivity contribution in [1.29, 1.82) is 0 Å². The highest BCUT2D eigenvalue weighted by Gasteiger charge is 2.21. The summed E-state index contributed by atoms with van der Waals surface area (Å²) in [6, 6.07) is 0. The first-order valence-electron chi connectivity index (χ1n) is 8.90. The first kappa shape index (κ1) is 19.7. The molecule has 0 radical (unpaired) electrons. The molecule has 11 nitrogen and oxygen atoms in total. The van der Waals surface area contributed by atoms with Crippen molar-refractivity contribution in [1.82, 2.24) is 24.9 Å². The zero-order valence-electron chi connectivity index (χ0n) is 15.7. The van der Waals surface area contributed by atoms with Gasteiger partial charge in [0, 0.05) is 38.3 Å². The standard InChI is InChI=1S/C16H20N8O3S2/c1-29(25,26)7-2-18-16-23-13-11(28-16)14(24-3-5-27-6-4-24)22-12(21-13)10-8-19-15(17)20-9-10/h8-9H,2-7H2,1H3,(H2,17,19,20)(H,18,21,22,23). The van der Waals surface area contributed by atoms with E-state index in [2.05, 4.69) is 30.2 Å². The maximum absolute atomic E-state index is 11.4. The van der Waals surface area contributed by atoms with E-state index in [4.69, 9.17) is 15.5 Å². The lowest BCUT2D eigenvalue weighted by molar-refractivity contribution is 0.122. The first-order valence-corrected chi connectivity index (χ1v) is 11.8. The molecule has 3 aromatic rings. The molecule has 3 N–H and O–H groups in total. The van der Waals surface area contributed by atoms with Gasteiger partial charge in [-0.25, -0.2) is 28.4 Å². The Morgan fingerprint density at radius 2 is 1.93 bits per heavy atom. The molecule has 0 amide bonds. The van der Waals surface area contributed by atoms with Crippen molar-refractivity contribution in [2.75, 3.05) is 60.8 Å². The van der Waals surface area contributed by atoms with Gasteiger partial charge in [0.05, 0.1) is 24.5 Å². The molecule has 0 bridgehead atoms. The van der Waals surface area contributed by atoms with E-state index in [-0.39, 0.29) is 18.2 Å². The largest absolute Gasteiger partial charge is 0.378 e. The summed E-state index contributed by atoms with van der Waals surface area (Å²) in [6.45, 7) is 2.92. The van der Waals surface area contributed by atoms with Gasteiger partial charge in [-0.2, -0.15) is 4.98 Å². The van der Waals surface area contributed by atoms with Crippen LogP contribution in [-0.4, -0.2) is 78.2 Å². The summed E-state index contributed by atoms with van der Waals surface area (Å²) >= 11 is 1.40. The number of hydrogen-bond acceptors (Lipinski definition) is 12. The Morgan fingerprint density at radius 1 is 1.21 bits per heavy atom. The molecule has 154 valence electrons. The average molecular weight is 437 g/mol. The summed E-state index contributed by atoms with van der Waals surface area (Å²) in [6.07, 6.45) is 4.35. The lowest BCUT2D eigenvalue weighted by Gasteiger charge is -2.28. The second-order valence-electron chi connectivity index (χ2n) is 6.53. The second kappa shape index (κ2) is 8.00. The highest BCUT2D eigenvalue weighted by Crippen LogP contribution is 2.34. The van der Waals surface area contributed by atoms with Crippen LogP contribution in [0.1, 0.15) is 0 Å². The van der Waals surface area contributed by atoms with E-state index >= 15 is 0 Å². The molecule has 0 aromatic carbocycles. The number of rotatable bonds is 6. The summed E-state index contributed by atoms with van der Waals surface area (Å²) in [7, 11) is -3.06. The Labute approximate surface area is 171 Å². The van der Waals surface area contributed by atoms with Gasteiger partial charge in [-0.3, -0.25) is 0 Å². The molecule has 1 saturated heterocycles. The smallest absolute Gasteiger partial charge is 0.219 e. The van der Waals surface area contributed by atoms with Crippen LogP contribution in [0.5, 0.6) is 0 Å². The van der Waals surface area contributed by atoms with Crippen molar-refractivity contribution in [2.45, 2.75) is 0 Å². The van der Waals surface area contributed by atoms with Crippen LogP contribution in [0.3, 0.4) is 0 Å². The molecule has 29 heavy (non-hydrogen) atoms. The minimum atomic E-state index is -3.06. The highest BCUT2D eigenvalue weighted by molar-refractivity contribution is 7.90. The zero-order valence-corrected chi connectivity index (χ0v) is 17.3. The van der Waals surface area contributed by atoms with Crippen LogP contribution in [0.15, 0.2) is 12.4 Å². The van der Waals surface area contributed by atoms with Gasteiger partial charge in [0.2, 0.25) is 5.95 Å². The van der Waals surface area contributed by atoms with Crippen molar-refractivity contribution < 1.29 is 13.2 Å². The fourth-order valence-corrected chi connectivity index (χ4v) is 4.22. The minimum Gasteiger partial charge on any atom is -0.378 e. The molecule has 4 heterocycles. The Kier molecular flexibility index (Phi) is 5.43. The number of fused-ring (bicyclic) bond motifs is 1. The van der Waals surface area contributed by atoms with Crippen molar-refractivity contribution in [3.8, 4) is 11.4 Å². The number of aromatic nitrogens is 5. The molecule has 1 aliphatic rings. The summed E-state index contributed by atoms with van der Waals surface area (Å²) in [4.78, 5) is 24.0. The van der Waals surface area contributed by atoms with Crippen molar-refractivity contribution in [3.63, 3.8) is 0 Å². The monoisotopic (exact) mass is 436 g/mol. The molecule has 0 saturated carbocycles. The van der Waals surface area contributed by atoms with E-state index in [0.717, 1.165) is 10.5 Å². The maximum atomic E-state index is 11.4. The van der Waals surface area contributed by atoms with Gasteiger partial charge in [-0.1, -0.05) is 11.3 Å². The summed E-state index contributed by atoms with van der Waals surface area (Å²) < 4.78 is 29.0. The minimum absolute atomic E-state index is 0.0267. The number of morpholine rings is 1. The van der Waals surface area contributed by atoms with Gasteiger partial charge in [-0.15, -0.1) is 0 Å². The van der Waals surface area contributed by atoms with E-state index < -0.39 is 9.84 Å². The number of nitrogens with zero attached hydrogens (tertiary/aromatic N) is 6. The lowest BCUT2D eigenvalue weighted by atomic mass is 10.3. The molecule has 13 heteroatoms. The predicted molar refractivity (Wildman–Crippen MR) is 112 cm³/mol. The molecule has 1 fully saturated rings. The van der Waals surface area contributed by atoms with Crippen molar-refractivity contribution in [3.05, 3.63) is 12.4 Å². The first-order chi connectivity index (χ1) is 13.9. The Balaban J connectivity index is 1.72. The number of anilines is 3. The molecule has 0 spiro atoms. The van der Waals surface area contributed by atoms with Crippen LogP contribution < -0.4 is 16.0 Å². The van der Waals surface area contributed by atoms with Gasteiger partial charge in [0.25, 0.3) is 0 Å². The Morgan fingerprint density at radius 3 is 2.62 bits per heavy atom. The van der Waals surface area contributed by atoms with Crippen LogP contribution in [0.2, 0.25) is 0 Å². The molecule has 1 aliphatic heterocycles. The molecule has 0 aliphatic carbocycles. The van der Waals surface area contributed by atoms with Gasteiger partial charge < -0.3 is 20.7 Å². The summed E-state index contributed by atoms with van der Waals surface area (Å²) in [5, 5.41) is 3.66. The normalized spacial score (nSPS) is 15.0. The second-order valence-corrected chi connectivity index (χ2v) is 9.79. The van der Waals surface area contributed by atoms with Crippen LogP contribution in [0.4, 0.5) is 16.9 Å². The van der Waals surface area contributed by atoms with Crippen LogP contribution >= 0.6 is 11.3 Å². The average Bonchev–Trinajstić information content (AvgIpc) is 3.10. The fraction of sp³-hybridized carbons (Fsp3) is 0.438. The van der Waals surface area contributed by atoms with Gasteiger partial charge in [-0.05, 0) is 0 Å². The third kappa shape index (κ3) is 4.68. The number of sulfone groups is 1. The number of hydrogen-bond donors (Lipinski definition) is 2. The van der Waals surface area contributed by atoms with E-state index in [0.29, 0.717) is 48.5 Å². The summed E-state index contributed by atoms with van der Waals surface area (Å²) in [5.41, 5.74) is 6.74. The van der Waals surface area contributed by atoms with Crippen LogP contribution in [-0.2, 0) is 14.6 Å². The van der Waals surface area contributed by atoms with Gasteiger partial charge >= 0.3 is 0 Å². The lowest BCUT2D eigenvalue weighted by Crippen LogP contribution is -2.36. The topological polar surface area (TPSA) is 149 Å². The van der Waals surface area contributed by atoms with Gasteiger partial charge in [0.1, 0.15) is 14.5 Å². The quantitative estimate of drug-likeness (QED) is 0.553. The molecular formula is C16H20N8O3S2. The fourth-order valence-electron chi connectivity index (χ4n) is 2.80. The van der Waals surface area contributed by atoms with Gasteiger partial charge in [0.15, 0.2) is 22.4 Å². The summed E-state index contributed by atoms with van der Waals surface area (Å²) in [5.74, 6) is 1.42. The molecule has 4 rings (SSSR count). The number of thiazole rings is 1. The molecule has 3 aromatic heterocycles. The van der Waals surface area contributed by atoms with Crippen molar-refractivity contribution in [2.24, 2.45) is 0 Å². The van der Waals surface area contributed by atoms with E-state index in [1.807, 2.05) is 0 Å². The van der Waals surface area contributed by atoms with Crippen molar-refractivity contribution >= 4 is 48.4 Å². The predicted octanol–water partition coefficient (Wildman–Crippen LogP) is 0.419. The van der Waals surface area contributed by atoms with Crippen LogP contribution in [0, 0.1) is 0 Å². The SMILES string of the molecule is CS(=O)(=O)CCNc1nc2nc(-c3cnc(N)nc3)nc(N3CCOCC3)c2s1. The van der Waals surface area contributed by atoms with E-state index in [9.17, 15) is 8.42 Å². The highest BCUT2D eigenvalue weighted by atomic mass is 32.2. The Hall–Kier alpha value is -2.64.